The average molecular weight is 446 g/mol. The summed E-state index contributed by atoms with van der Waals surface area (Å²) in [7, 11) is 3.58. The van der Waals surface area contributed by atoms with E-state index in [2.05, 4.69) is 20.1 Å². The molecule has 0 aromatic carbocycles. The molecule has 9 heteroatoms. The topological polar surface area (TPSA) is 96.3 Å². The summed E-state index contributed by atoms with van der Waals surface area (Å²) in [5, 5.41) is 5.54. The van der Waals surface area contributed by atoms with E-state index in [1.807, 2.05) is 33.9 Å². The van der Waals surface area contributed by atoms with Gasteiger partial charge in [0.2, 0.25) is 5.91 Å². The molecule has 0 radical (unpaired) electrons. The highest BCUT2D eigenvalue weighted by molar-refractivity contribution is 7.17. The molecule has 1 unspecified atom stereocenters. The Morgan fingerprint density at radius 3 is 2.48 bits per heavy atom. The van der Waals surface area contributed by atoms with Gasteiger partial charge in [-0.25, -0.2) is 4.98 Å². The van der Waals surface area contributed by atoms with Gasteiger partial charge >= 0.3 is 0 Å². The van der Waals surface area contributed by atoms with Gasteiger partial charge in [-0.15, -0.1) is 11.3 Å². The molecule has 2 aromatic heterocycles. The molecule has 31 heavy (non-hydrogen) atoms. The van der Waals surface area contributed by atoms with Crippen molar-refractivity contribution in [1.29, 1.82) is 0 Å². The Hall–Kier alpha value is -2.52. The number of amides is 2. The molecule has 1 atom stereocenters. The number of likely N-dealkylation sites (N-methyl/N-ethyl adjacent to an activating group) is 1. The van der Waals surface area contributed by atoms with Gasteiger partial charge in [-0.3, -0.25) is 14.4 Å². The number of imidazole rings is 1. The quantitative estimate of drug-likeness (QED) is 0.690. The van der Waals surface area contributed by atoms with E-state index >= 15 is 0 Å². The van der Waals surface area contributed by atoms with Crippen LogP contribution in [-0.2, 0) is 17.9 Å². The summed E-state index contributed by atoms with van der Waals surface area (Å²) in [5.74, 6) is 0.0976. The van der Waals surface area contributed by atoms with Crippen molar-refractivity contribution in [2.24, 2.45) is 5.41 Å². The molecule has 0 aliphatic carbocycles. The molecule has 2 N–H and O–H groups in total. The number of ketones is 1. The number of nitrogens with one attached hydrogen (secondary N) is 2. The molecule has 1 aliphatic heterocycles. The lowest BCUT2D eigenvalue weighted by Crippen LogP contribution is -2.53. The maximum Gasteiger partial charge on any atom is 0.272 e. The van der Waals surface area contributed by atoms with E-state index in [1.54, 1.807) is 20.0 Å². The van der Waals surface area contributed by atoms with Crippen LogP contribution in [0.25, 0.3) is 10.7 Å². The molecule has 8 nitrogen and oxygen atoms in total. The number of hydrogen-bond acceptors (Lipinski definition) is 6. The van der Waals surface area contributed by atoms with Crippen molar-refractivity contribution in [2.75, 3.05) is 20.6 Å². The first kappa shape index (κ1) is 23.1. The van der Waals surface area contributed by atoms with Crippen LogP contribution in [0.15, 0.2) is 12.1 Å². The number of aromatic nitrogens is 2. The molecule has 3 rings (SSSR count). The summed E-state index contributed by atoms with van der Waals surface area (Å²) in [6.45, 7) is 9.51. The lowest BCUT2D eigenvalue weighted by molar-refractivity contribution is -0.124. The molecule has 3 heterocycles. The first-order valence-corrected chi connectivity index (χ1v) is 11.3. The zero-order chi connectivity index (χ0) is 22.9. The standard InChI is InChI=1S/C22H31N5O3S/c1-13(28)15-8-9-16(31-15)19-24-17(14-12-26(6)10-7-11-27(14)19)20(29)25-18(21(30)23-5)22(2,3)4/h8-9,18H,7,10-12H2,1-6H3,(H,23,30)(H,25,29). The fourth-order valence-electron chi connectivity index (χ4n) is 3.76. The average Bonchev–Trinajstić information content (AvgIpc) is 3.25. The number of carbonyl (C=O) groups excluding carboxylic acids is 3. The Kier molecular flexibility index (Phi) is 6.66. The van der Waals surface area contributed by atoms with Crippen LogP contribution in [0.5, 0.6) is 0 Å². The second kappa shape index (κ2) is 8.92. The largest absolute Gasteiger partial charge is 0.357 e. The van der Waals surface area contributed by atoms with Crippen molar-refractivity contribution in [3.8, 4) is 10.7 Å². The minimum absolute atomic E-state index is 0.00944. The normalized spacial score (nSPS) is 15.7. The molecule has 0 saturated heterocycles. The predicted molar refractivity (Wildman–Crippen MR) is 121 cm³/mol. The number of Topliss-reactive ketones (excluding diaryl/α,β-unsaturated/α-hetero) is 1. The number of hydrogen-bond donors (Lipinski definition) is 2. The number of thiophene rings is 1. The van der Waals surface area contributed by atoms with Crippen LogP contribution in [0, 0.1) is 5.41 Å². The summed E-state index contributed by atoms with van der Waals surface area (Å²) in [4.78, 5) is 45.9. The van der Waals surface area contributed by atoms with Gasteiger partial charge in [-0.1, -0.05) is 20.8 Å². The molecular formula is C22H31N5O3S. The third-order valence-electron chi connectivity index (χ3n) is 5.45. The lowest BCUT2D eigenvalue weighted by Gasteiger charge is -2.29. The highest BCUT2D eigenvalue weighted by Gasteiger charge is 2.34. The van der Waals surface area contributed by atoms with E-state index < -0.39 is 11.5 Å². The SMILES string of the molecule is CNC(=O)C(NC(=O)c1nc(-c2ccc(C(C)=O)s2)n2c1CN(C)CCC2)C(C)(C)C. The predicted octanol–water partition coefficient (Wildman–Crippen LogP) is 2.54. The molecule has 0 saturated carbocycles. The van der Waals surface area contributed by atoms with E-state index in [-0.39, 0.29) is 17.6 Å². The van der Waals surface area contributed by atoms with Crippen molar-refractivity contribution in [2.45, 2.75) is 53.2 Å². The molecule has 2 amide bonds. The van der Waals surface area contributed by atoms with E-state index in [0.717, 1.165) is 30.1 Å². The summed E-state index contributed by atoms with van der Waals surface area (Å²) >= 11 is 1.38. The summed E-state index contributed by atoms with van der Waals surface area (Å²) in [6, 6.07) is 2.99. The van der Waals surface area contributed by atoms with Crippen LogP contribution in [0.1, 0.15) is 60.0 Å². The van der Waals surface area contributed by atoms with Gasteiger partial charge in [-0.05, 0) is 44.5 Å². The van der Waals surface area contributed by atoms with E-state index in [0.29, 0.717) is 22.9 Å². The fourth-order valence-corrected chi connectivity index (χ4v) is 4.66. The van der Waals surface area contributed by atoms with Crippen LogP contribution in [0.3, 0.4) is 0 Å². The van der Waals surface area contributed by atoms with Crippen LogP contribution in [0.2, 0.25) is 0 Å². The van der Waals surface area contributed by atoms with Crippen molar-refractivity contribution >= 4 is 28.9 Å². The van der Waals surface area contributed by atoms with E-state index in [9.17, 15) is 14.4 Å². The monoisotopic (exact) mass is 445 g/mol. The first-order valence-electron chi connectivity index (χ1n) is 10.4. The Morgan fingerprint density at radius 2 is 1.90 bits per heavy atom. The van der Waals surface area contributed by atoms with Crippen LogP contribution >= 0.6 is 11.3 Å². The lowest BCUT2D eigenvalue weighted by atomic mass is 9.86. The molecule has 168 valence electrons. The third kappa shape index (κ3) is 4.88. The van der Waals surface area contributed by atoms with Gasteiger partial charge in [-0.2, -0.15) is 0 Å². The maximum atomic E-state index is 13.3. The summed E-state index contributed by atoms with van der Waals surface area (Å²) in [5.41, 5.74) is 0.699. The highest BCUT2D eigenvalue weighted by atomic mass is 32.1. The van der Waals surface area contributed by atoms with E-state index in [1.165, 1.54) is 11.3 Å². The second-order valence-corrected chi connectivity index (χ2v) is 10.2. The first-order chi connectivity index (χ1) is 14.5. The Bertz CT molecular complexity index is 1000. The Morgan fingerprint density at radius 1 is 1.19 bits per heavy atom. The van der Waals surface area contributed by atoms with Crippen molar-refractivity contribution in [3.05, 3.63) is 28.4 Å². The van der Waals surface area contributed by atoms with E-state index in [4.69, 9.17) is 4.98 Å². The molecular weight excluding hydrogens is 414 g/mol. The highest BCUT2D eigenvalue weighted by Crippen LogP contribution is 2.31. The molecule has 0 bridgehead atoms. The minimum atomic E-state index is -0.694. The van der Waals surface area contributed by atoms with Crippen molar-refractivity contribution in [1.82, 2.24) is 25.1 Å². The second-order valence-electron chi connectivity index (χ2n) is 9.08. The van der Waals surface area contributed by atoms with Gasteiger partial charge in [0.05, 0.1) is 15.4 Å². The van der Waals surface area contributed by atoms with Crippen LogP contribution in [-0.4, -0.2) is 58.7 Å². The Labute approximate surface area is 187 Å². The van der Waals surface area contributed by atoms with Gasteiger partial charge in [0, 0.05) is 20.1 Å². The van der Waals surface area contributed by atoms with Gasteiger partial charge in [0.1, 0.15) is 6.04 Å². The van der Waals surface area contributed by atoms with Crippen LogP contribution < -0.4 is 10.6 Å². The zero-order valence-electron chi connectivity index (χ0n) is 19.0. The minimum Gasteiger partial charge on any atom is -0.357 e. The molecule has 0 spiro atoms. The number of nitrogens with zero attached hydrogens (tertiary/aromatic N) is 3. The summed E-state index contributed by atoms with van der Waals surface area (Å²) in [6.07, 6.45) is 0.932. The van der Waals surface area contributed by atoms with Gasteiger partial charge in [0.25, 0.3) is 5.91 Å². The molecule has 2 aromatic rings. The summed E-state index contributed by atoms with van der Waals surface area (Å²) < 4.78 is 2.08. The van der Waals surface area contributed by atoms with Crippen molar-refractivity contribution in [3.63, 3.8) is 0 Å². The third-order valence-corrected chi connectivity index (χ3v) is 6.63. The fraction of sp³-hybridized carbons (Fsp3) is 0.545. The van der Waals surface area contributed by atoms with Crippen molar-refractivity contribution < 1.29 is 14.4 Å². The molecule has 0 fully saturated rings. The van der Waals surface area contributed by atoms with Gasteiger partial charge < -0.3 is 20.1 Å². The Balaban J connectivity index is 2.05. The van der Waals surface area contributed by atoms with Gasteiger partial charge in [0.15, 0.2) is 17.3 Å². The zero-order valence-corrected chi connectivity index (χ0v) is 19.9. The number of carbonyl (C=O) groups is 3. The molecule has 1 aliphatic rings. The van der Waals surface area contributed by atoms with Crippen LogP contribution in [0.4, 0.5) is 0 Å². The smallest absolute Gasteiger partial charge is 0.272 e. The number of fused-ring (bicyclic) bond motifs is 1. The number of rotatable bonds is 5. The maximum absolute atomic E-state index is 13.3.